The molecule has 55 heavy (non-hydrogen) atoms. The summed E-state index contributed by atoms with van der Waals surface area (Å²) in [6.07, 6.45) is 0.533. The quantitative estimate of drug-likeness (QED) is 0.165. The van der Waals surface area contributed by atoms with Gasteiger partial charge in [-0.05, 0) is 82.5 Å². The molecule has 294 valence electrons. The number of oxime groups is 1. The average Bonchev–Trinajstić information content (AvgIpc) is 3.81. The summed E-state index contributed by atoms with van der Waals surface area (Å²) < 4.78 is 35.9. The number of carbonyl (C=O) groups is 2. The van der Waals surface area contributed by atoms with E-state index in [1.54, 1.807) is 32.4 Å². The summed E-state index contributed by atoms with van der Waals surface area (Å²) in [6, 6.07) is 14.4. The van der Waals surface area contributed by atoms with Gasteiger partial charge in [0.2, 0.25) is 5.91 Å². The summed E-state index contributed by atoms with van der Waals surface area (Å²) in [5.41, 5.74) is 3.25. The van der Waals surface area contributed by atoms with E-state index in [1.807, 2.05) is 65.0 Å². The van der Waals surface area contributed by atoms with Crippen LogP contribution in [0.4, 0.5) is 0 Å². The van der Waals surface area contributed by atoms with Crippen LogP contribution in [0.3, 0.4) is 0 Å². The van der Waals surface area contributed by atoms with Crippen LogP contribution in [0.25, 0.3) is 0 Å². The third kappa shape index (κ3) is 8.77. The Bertz CT molecular complexity index is 1960. The Balaban J connectivity index is 1.11. The number of nitrogens with zero attached hydrogens (tertiary/aromatic N) is 1. The second-order valence-electron chi connectivity index (χ2n) is 15.4. The Morgan fingerprint density at radius 3 is 2.44 bits per heavy atom. The van der Waals surface area contributed by atoms with Crippen LogP contribution in [-0.4, -0.2) is 87.6 Å². The van der Waals surface area contributed by atoms with Crippen LogP contribution in [0.5, 0.6) is 34.5 Å². The van der Waals surface area contributed by atoms with E-state index in [0.717, 1.165) is 22.3 Å². The van der Waals surface area contributed by atoms with Gasteiger partial charge in [-0.1, -0.05) is 23.9 Å². The van der Waals surface area contributed by atoms with E-state index in [-0.39, 0.29) is 62.1 Å². The van der Waals surface area contributed by atoms with Crippen LogP contribution < -0.4 is 34.3 Å². The second-order valence-corrected chi connectivity index (χ2v) is 15.4. The molecular weight excluding hydrogens is 706 g/mol. The molecule has 0 aromatic heterocycles. The highest BCUT2D eigenvalue weighted by molar-refractivity contribution is 6.09. The Labute approximate surface area is 321 Å². The third-order valence-corrected chi connectivity index (χ3v) is 10.0. The Kier molecular flexibility index (Phi) is 11.5. The van der Waals surface area contributed by atoms with Crippen LogP contribution in [-0.2, 0) is 32.0 Å². The molecule has 3 aliphatic rings. The average molecular weight is 758 g/mol. The molecule has 0 bridgehead atoms. The first-order valence-electron chi connectivity index (χ1n) is 18.4. The van der Waals surface area contributed by atoms with Gasteiger partial charge in [0.1, 0.15) is 41.4 Å². The van der Waals surface area contributed by atoms with Crippen LogP contribution >= 0.6 is 0 Å². The summed E-state index contributed by atoms with van der Waals surface area (Å²) in [6.45, 7) is 14.1. The van der Waals surface area contributed by atoms with E-state index in [4.69, 9.17) is 33.3 Å². The smallest absolute Gasteiger partial charge is 0.258 e. The number of methoxy groups -OCH3 is 2. The molecule has 3 aromatic carbocycles. The van der Waals surface area contributed by atoms with Gasteiger partial charge in [0.25, 0.3) is 5.91 Å². The lowest BCUT2D eigenvalue weighted by atomic mass is 9.83. The molecule has 3 heterocycles. The zero-order valence-electron chi connectivity index (χ0n) is 32.6. The van der Waals surface area contributed by atoms with E-state index >= 15 is 0 Å². The lowest BCUT2D eigenvalue weighted by Gasteiger charge is -2.31. The number of nitrogens with one attached hydrogen (secondary N) is 2. The lowest BCUT2D eigenvalue weighted by Crippen LogP contribution is -2.46. The zero-order chi connectivity index (χ0) is 39.5. The van der Waals surface area contributed by atoms with Crippen LogP contribution in [0.15, 0.2) is 65.8 Å². The number of phenols is 1. The minimum atomic E-state index is -0.818. The van der Waals surface area contributed by atoms with Crippen molar-refractivity contribution in [3.05, 3.63) is 82.9 Å². The fourth-order valence-corrected chi connectivity index (χ4v) is 6.68. The molecule has 13 nitrogen and oxygen atoms in total. The van der Waals surface area contributed by atoms with Crippen molar-refractivity contribution in [3.8, 4) is 34.5 Å². The Morgan fingerprint density at radius 1 is 1.00 bits per heavy atom. The molecule has 0 aliphatic carbocycles. The van der Waals surface area contributed by atoms with E-state index in [9.17, 15) is 14.7 Å². The third-order valence-electron chi connectivity index (χ3n) is 10.0. The van der Waals surface area contributed by atoms with Gasteiger partial charge in [-0.3, -0.25) is 9.59 Å². The first-order valence-corrected chi connectivity index (χ1v) is 18.4. The normalized spacial score (nSPS) is 18.3. The largest absolute Gasteiger partial charge is 0.508 e. The van der Waals surface area contributed by atoms with Crippen molar-refractivity contribution in [2.24, 2.45) is 10.6 Å². The molecule has 2 amide bonds. The molecule has 0 fully saturated rings. The maximum absolute atomic E-state index is 13.3. The number of ether oxygens (including phenoxy) is 6. The SMILES string of the molecule is C=C(C)C1Cc2c(ccc(C3=NOC4COc5cc(OC)c(OC)cc5C34)c2OCC(=O)NCC(C)(C)OCC(C)(C)C(=O)NCCc2ccc(O)cc2)O1. The van der Waals surface area contributed by atoms with Crippen molar-refractivity contribution in [2.75, 3.05) is 47.1 Å². The fraction of sp³-hybridized carbons (Fsp3) is 0.452. The maximum Gasteiger partial charge on any atom is 0.258 e. The highest BCUT2D eigenvalue weighted by Gasteiger charge is 2.44. The number of hydrogen-bond donors (Lipinski definition) is 3. The standard InChI is InChI=1S/C42H51N3O10/c1-24(2)31-18-29-30(54-31)14-13-27(38-37-28-17-33(49-7)34(50-8)19-32(28)51-20-35(37)55-45-38)39(29)52-21-36(47)44-22-42(5,6)53-23-41(3,4)40(48)43-16-15-25-9-11-26(46)12-10-25/h9-14,17,19,31,35,37,46H,1,15-16,18,20-23H2,2-8H3,(H,43,48)(H,44,47). The van der Waals surface area contributed by atoms with Crippen molar-refractivity contribution in [3.63, 3.8) is 0 Å². The Hall–Kier alpha value is -5.43. The first-order chi connectivity index (χ1) is 26.2. The predicted octanol–water partition coefficient (Wildman–Crippen LogP) is 5.24. The lowest BCUT2D eigenvalue weighted by molar-refractivity contribution is -0.137. The van der Waals surface area contributed by atoms with E-state index in [2.05, 4.69) is 22.4 Å². The molecule has 3 N–H and O–H groups in total. The van der Waals surface area contributed by atoms with Gasteiger partial charge in [0, 0.05) is 42.3 Å². The van der Waals surface area contributed by atoms with Gasteiger partial charge < -0.3 is 49.0 Å². The van der Waals surface area contributed by atoms with Crippen molar-refractivity contribution in [1.29, 1.82) is 0 Å². The zero-order valence-corrected chi connectivity index (χ0v) is 32.6. The number of rotatable bonds is 16. The van der Waals surface area contributed by atoms with Gasteiger partial charge in [-0.2, -0.15) is 0 Å². The summed E-state index contributed by atoms with van der Waals surface area (Å²) >= 11 is 0. The summed E-state index contributed by atoms with van der Waals surface area (Å²) in [5, 5.41) is 19.9. The summed E-state index contributed by atoms with van der Waals surface area (Å²) in [7, 11) is 3.16. The molecule has 3 unspecified atom stereocenters. The molecule has 3 aromatic rings. The van der Waals surface area contributed by atoms with Gasteiger partial charge >= 0.3 is 0 Å². The van der Waals surface area contributed by atoms with E-state index < -0.39 is 11.0 Å². The molecule has 3 aliphatic heterocycles. The number of hydrogen-bond acceptors (Lipinski definition) is 11. The molecule has 13 heteroatoms. The van der Waals surface area contributed by atoms with Crippen molar-refractivity contribution < 1.29 is 48.0 Å². The second kappa shape index (κ2) is 16.1. The summed E-state index contributed by atoms with van der Waals surface area (Å²) in [5.74, 6) is 2.29. The van der Waals surface area contributed by atoms with E-state index in [0.29, 0.717) is 59.4 Å². The molecule has 0 saturated carbocycles. The van der Waals surface area contributed by atoms with Crippen molar-refractivity contribution >= 4 is 17.5 Å². The molecule has 3 atom stereocenters. The molecule has 0 radical (unpaired) electrons. The molecule has 0 spiro atoms. The fourth-order valence-electron chi connectivity index (χ4n) is 6.68. The highest BCUT2D eigenvalue weighted by Crippen LogP contribution is 2.48. The minimum absolute atomic E-state index is 0.139. The van der Waals surface area contributed by atoms with Gasteiger partial charge in [-0.25, -0.2) is 0 Å². The molecule has 0 saturated heterocycles. The Morgan fingerprint density at radius 2 is 1.73 bits per heavy atom. The highest BCUT2D eigenvalue weighted by atomic mass is 16.7. The van der Waals surface area contributed by atoms with Crippen LogP contribution in [0.1, 0.15) is 62.8 Å². The van der Waals surface area contributed by atoms with Gasteiger partial charge in [0.05, 0.1) is 37.8 Å². The predicted molar refractivity (Wildman–Crippen MR) is 206 cm³/mol. The first kappa shape index (κ1) is 39.3. The number of benzene rings is 3. The summed E-state index contributed by atoms with van der Waals surface area (Å²) in [4.78, 5) is 32.3. The van der Waals surface area contributed by atoms with E-state index in [1.165, 1.54) is 0 Å². The molecule has 6 rings (SSSR count). The van der Waals surface area contributed by atoms with Crippen molar-refractivity contribution in [1.82, 2.24) is 10.6 Å². The number of amides is 2. The number of phenolic OH excluding ortho intramolecular Hbond substituents is 1. The van der Waals surface area contributed by atoms with Crippen LogP contribution in [0.2, 0.25) is 0 Å². The monoisotopic (exact) mass is 757 g/mol. The van der Waals surface area contributed by atoms with Crippen molar-refractivity contribution in [2.45, 2.75) is 71.2 Å². The molecular formula is C42H51N3O10. The van der Waals surface area contributed by atoms with Gasteiger partial charge in [-0.15, -0.1) is 0 Å². The maximum atomic E-state index is 13.3. The number of fused-ring (bicyclic) bond motifs is 4. The number of aromatic hydroxyl groups is 1. The van der Waals surface area contributed by atoms with Gasteiger partial charge in [0.15, 0.2) is 24.2 Å². The van der Waals surface area contributed by atoms with Crippen LogP contribution in [0, 0.1) is 5.41 Å². The number of carbonyl (C=O) groups excluding carboxylic acids is 2. The topological polar surface area (TPSA) is 155 Å². The minimum Gasteiger partial charge on any atom is -0.508 e.